The molecule has 0 bridgehead atoms. The molecule has 13 heteroatoms. The van der Waals surface area contributed by atoms with Gasteiger partial charge in [-0.05, 0) is 18.6 Å². The second-order valence-electron chi connectivity index (χ2n) is 9.89. The highest BCUT2D eigenvalue weighted by Gasteiger charge is 2.40. The number of hydrogen-bond acceptors (Lipinski definition) is 8. The Balaban J connectivity index is 1.33. The van der Waals surface area contributed by atoms with Crippen molar-refractivity contribution in [1.82, 2.24) is 20.1 Å². The Morgan fingerprint density at radius 3 is 2.65 bits per heavy atom. The number of allylic oxidation sites excluding steroid dienone is 3. The minimum absolute atomic E-state index is 0.00416. The average Bonchev–Trinajstić information content (AvgIpc) is 2.94. The van der Waals surface area contributed by atoms with Crippen molar-refractivity contribution in [1.29, 1.82) is 5.26 Å². The molecule has 40 heavy (non-hydrogen) atoms. The first kappa shape index (κ1) is 28.8. The van der Waals surface area contributed by atoms with E-state index in [0.717, 1.165) is 12.0 Å². The first-order valence-electron chi connectivity index (χ1n) is 12.8. The van der Waals surface area contributed by atoms with Crippen LogP contribution in [0.4, 0.5) is 24.7 Å². The predicted molar refractivity (Wildman–Crippen MR) is 141 cm³/mol. The van der Waals surface area contributed by atoms with E-state index in [1.807, 2.05) is 47.3 Å². The van der Waals surface area contributed by atoms with Crippen molar-refractivity contribution >= 4 is 17.4 Å². The van der Waals surface area contributed by atoms with Crippen LogP contribution in [0.15, 0.2) is 53.6 Å². The van der Waals surface area contributed by atoms with Crippen molar-refractivity contribution in [2.45, 2.75) is 32.0 Å². The zero-order chi connectivity index (χ0) is 28.8. The third-order valence-electron chi connectivity index (χ3n) is 7.13. The lowest BCUT2D eigenvalue weighted by Gasteiger charge is -2.37. The number of nitrogens with one attached hydrogen (secondary N) is 2. The molecule has 4 rings (SSSR count). The normalized spacial score (nSPS) is 19.8. The van der Waals surface area contributed by atoms with Crippen LogP contribution in [0.25, 0.3) is 0 Å². The minimum atomic E-state index is -4.87. The second-order valence-corrected chi connectivity index (χ2v) is 9.89. The third kappa shape index (κ3) is 6.87. The van der Waals surface area contributed by atoms with Crippen LogP contribution in [0.2, 0.25) is 0 Å². The number of anilines is 2. The summed E-state index contributed by atoms with van der Waals surface area (Å²) in [6, 6.07) is 4.88. The Morgan fingerprint density at radius 1 is 1.25 bits per heavy atom. The molecular weight excluding hydrogens is 527 g/mol. The van der Waals surface area contributed by atoms with Gasteiger partial charge in [0.15, 0.2) is 0 Å². The first-order chi connectivity index (χ1) is 19.1. The van der Waals surface area contributed by atoms with E-state index in [4.69, 9.17) is 10.00 Å². The van der Waals surface area contributed by atoms with Gasteiger partial charge in [-0.15, -0.1) is 0 Å². The summed E-state index contributed by atoms with van der Waals surface area (Å²) in [5.41, 5.74) is -3.24. The molecule has 0 saturated carbocycles. The van der Waals surface area contributed by atoms with Gasteiger partial charge in [-0.25, -0.2) is 10.1 Å². The van der Waals surface area contributed by atoms with E-state index in [2.05, 4.69) is 15.4 Å². The fourth-order valence-electron chi connectivity index (χ4n) is 4.72. The number of nitriles is 1. The van der Waals surface area contributed by atoms with Gasteiger partial charge in [0.1, 0.15) is 17.5 Å². The third-order valence-corrected chi connectivity index (χ3v) is 7.13. The summed E-state index contributed by atoms with van der Waals surface area (Å²) < 4.78 is 46.7. The molecule has 1 saturated heterocycles. The number of ether oxygens (including phenoxy) is 1. The molecule has 0 aromatic carbocycles. The van der Waals surface area contributed by atoms with Crippen LogP contribution in [0, 0.1) is 16.7 Å². The maximum atomic E-state index is 13.6. The van der Waals surface area contributed by atoms with Gasteiger partial charge in [0.05, 0.1) is 43.1 Å². The molecule has 212 valence electrons. The SMILES string of the molecule is CC1([C@H](COCCC(=O)N2CCN(c3ccc(C#N)cn3)CC2)Nc2cn[nH]c(=O)c2C(F)(F)F)C=CC=CC1. The molecule has 10 nitrogen and oxygen atoms in total. The topological polar surface area (TPSA) is 127 Å². The number of pyridine rings is 1. The fraction of sp³-hybridized carbons (Fsp3) is 0.444. The van der Waals surface area contributed by atoms with Gasteiger partial charge < -0.3 is 19.9 Å². The molecule has 2 N–H and O–H groups in total. The fourth-order valence-corrected chi connectivity index (χ4v) is 4.72. The Bertz CT molecular complexity index is 1340. The highest BCUT2D eigenvalue weighted by Crippen LogP contribution is 2.36. The number of halogens is 3. The Labute approximate surface area is 229 Å². The van der Waals surface area contributed by atoms with Gasteiger partial charge in [-0.3, -0.25) is 9.59 Å². The van der Waals surface area contributed by atoms with Crippen molar-refractivity contribution in [3.05, 3.63) is 70.3 Å². The number of amides is 1. The molecule has 0 spiro atoms. The molecule has 2 aromatic rings. The van der Waals surface area contributed by atoms with E-state index in [-0.39, 0.29) is 25.5 Å². The summed E-state index contributed by atoms with van der Waals surface area (Å²) >= 11 is 0. The number of rotatable bonds is 9. The van der Waals surface area contributed by atoms with Crippen molar-refractivity contribution in [3.8, 4) is 6.07 Å². The van der Waals surface area contributed by atoms with Crippen LogP contribution < -0.4 is 15.8 Å². The second kappa shape index (κ2) is 12.3. The summed E-state index contributed by atoms with van der Waals surface area (Å²) in [4.78, 5) is 32.8. The summed E-state index contributed by atoms with van der Waals surface area (Å²) in [7, 11) is 0. The highest BCUT2D eigenvalue weighted by molar-refractivity contribution is 5.76. The molecular formula is C27H30F3N7O3. The molecule has 2 atom stereocenters. The van der Waals surface area contributed by atoms with Crippen LogP contribution in [0.1, 0.15) is 30.9 Å². The molecule has 1 aliphatic carbocycles. The van der Waals surface area contributed by atoms with Gasteiger partial charge in [-0.1, -0.05) is 31.2 Å². The monoisotopic (exact) mass is 557 g/mol. The molecule has 2 aliphatic rings. The summed E-state index contributed by atoms with van der Waals surface area (Å²) in [5, 5.41) is 17.2. The maximum absolute atomic E-state index is 13.6. The van der Waals surface area contributed by atoms with Crippen LogP contribution in [-0.2, 0) is 15.7 Å². The predicted octanol–water partition coefficient (Wildman–Crippen LogP) is 3.11. The van der Waals surface area contributed by atoms with Crippen molar-refractivity contribution < 1.29 is 22.7 Å². The van der Waals surface area contributed by atoms with E-state index in [9.17, 15) is 22.8 Å². The lowest BCUT2D eigenvalue weighted by Crippen LogP contribution is -2.49. The Hall–Kier alpha value is -4.18. The number of H-pyrrole nitrogens is 1. The molecule has 0 radical (unpaired) electrons. The number of carbonyl (C=O) groups is 1. The van der Waals surface area contributed by atoms with E-state index in [1.54, 1.807) is 17.0 Å². The number of hydrogen-bond donors (Lipinski definition) is 2. The Morgan fingerprint density at radius 2 is 2.02 bits per heavy atom. The number of alkyl halides is 3. The molecule has 1 amide bonds. The highest BCUT2D eigenvalue weighted by atomic mass is 19.4. The van der Waals surface area contributed by atoms with Crippen molar-refractivity contribution in [3.63, 3.8) is 0 Å². The average molecular weight is 558 g/mol. The zero-order valence-electron chi connectivity index (χ0n) is 21.9. The molecule has 1 aliphatic heterocycles. The van der Waals surface area contributed by atoms with Crippen LogP contribution >= 0.6 is 0 Å². The quantitative estimate of drug-likeness (QED) is 0.451. The number of aromatic amines is 1. The number of carbonyl (C=O) groups excluding carboxylic acids is 1. The van der Waals surface area contributed by atoms with E-state index < -0.39 is 34.4 Å². The molecule has 1 unspecified atom stereocenters. The standard InChI is InChI=1S/C27H30F3N7O3/c1-26(8-3-2-4-9-26)21(34-20-17-33-35-25(39)24(20)27(28,29)30)18-40-14-7-23(38)37-12-10-36(11-13-37)22-6-5-19(15-31)16-32-22/h2-6,8,16-17,21H,7,9-14,18H2,1H3,(H2,34,35,39)/t21-,26?/m0/s1. The van der Waals surface area contributed by atoms with Crippen LogP contribution in [-0.4, -0.2) is 71.4 Å². The van der Waals surface area contributed by atoms with Gasteiger partial charge in [-0.2, -0.15) is 23.5 Å². The zero-order valence-corrected chi connectivity index (χ0v) is 21.9. The smallest absolute Gasteiger partial charge is 0.379 e. The first-order valence-corrected chi connectivity index (χ1v) is 12.8. The van der Waals surface area contributed by atoms with Crippen molar-refractivity contribution in [2.24, 2.45) is 5.41 Å². The van der Waals surface area contributed by atoms with Crippen LogP contribution in [0.3, 0.4) is 0 Å². The lowest BCUT2D eigenvalue weighted by atomic mass is 9.77. The van der Waals surface area contributed by atoms with Crippen LogP contribution in [0.5, 0.6) is 0 Å². The van der Waals surface area contributed by atoms with Gasteiger partial charge >= 0.3 is 6.18 Å². The molecule has 2 aromatic heterocycles. The molecule has 1 fully saturated rings. The summed E-state index contributed by atoms with van der Waals surface area (Å²) in [6.45, 7) is 4.19. The van der Waals surface area contributed by atoms with E-state index >= 15 is 0 Å². The number of piperazine rings is 1. The van der Waals surface area contributed by atoms with E-state index in [1.165, 1.54) is 6.20 Å². The van der Waals surface area contributed by atoms with Gasteiger partial charge in [0.25, 0.3) is 5.56 Å². The lowest BCUT2D eigenvalue weighted by molar-refractivity contribution is -0.138. The maximum Gasteiger partial charge on any atom is 0.423 e. The number of aromatic nitrogens is 3. The van der Waals surface area contributed by atoms with E-state index in [0.29, 0.717) is 38.2 Å². The summed E-state index contributed by atoms with van der Waals surface area (Å²) in [6.07, 6.45) is 5.71. The minimum Gasteiger partial charge on any atom is -0.379 e. The summed E-state index contributed by atoms with van der Waals surface area (Å²) in [5.74, 6) is 0.666. The van der Waals surface area contributed by atoms with Crippen molar-refractivity contribution in [2.75, 3.05) is 49.6 Å². The van der Waals surface area contributed by atoms with Gasteiger partial charge in [0.2, 0.25) is 5.91 Å². The number of nitrogens with zero attached hydrogens (tertiary/aromatic N) is 5. The Kier molecular flexibility index (Phi) is 8.89. The largest absolute Gasteiger partial charge is 0.423 e. The molecule has 3 heterocycles. The van der Waals surface area contributed by atoms with Gasteiger partial charge in [0, 0.05) is 37.8 Å².